The van der Waals surface area contributed by atoms with Crippen LogP contribution in [0, 0.1) is 0 Å². The minimum absolute atomic E-state index is 0. The van der Waals surface area contributed by atoms with Gasteiger partial charge in [0.05, 0.1) is 55.4 Å². The molecule has 0 spiro atoms. The van der Waals surface area contributed by atoms with Crippen molar-refractivity contribution in [3.8, 4) is 0 Å². The maximum Gasteiger partial charge on any atom is 0.0797 e. The lowest BCUT2D eigenvalue weighted by Crippen LogP contribution is -3.00. The summed E-state index contributed by atoms with van der Waals surface area (Å²) < 4.78 is 2.04. The Morgan fingerprint density at radius 2 is 1.12 bits per heavy atom. The van der Waals surface area contributed by atoms with E-state index >= 15 is 0 Å². The van der Waals surface area contributed by atoms with Crippen molar-refractivity contribution in [2.24, 2.45) is 0 Å². The molecule has 0 fully saturated rings. The van der Waals surface area contributed by atoms with Gasteiger partial charge in [0.2, 0.25) is 0 Å². The zero-order valence-corrected chi connectivity index (χ0v) is 17.7. The van der Waals surface area contributed by atoms with Gasteiger partial charge in [-0.1, -0.05) is 0 Å². The van der Waals surface area contributed by atoms with E-state index < -0.39 is 0 Å². The van der Waals surface area contributed by atoms with Crippen LogP contribution in [0.4, 0.5) is 11.4 Å². The van der Waals surface area contributed by atoms with Crippen LogP contribution in [-0.4, -0.2) is 77.4 Å². The quantitative estimate of drug-likeness (QED) is 0.353. The number of halogens is 2. The van der Waals surface area contributed by atoms with Crippen LogP contribution in [0.15, 0.2) is 24.3 Å². The average Bonchev–Trinajstić information content (AvgIpc) is 2.35. The third kappa shape index (κ3) is 11.8. The van der Waals surface area contributed by atoms with E-state index in [-0.39, 0.29) is 24.8 Å². The third-order valence-corrected chi connectivity index (χ3v) is 3.77. The zero-order valence-electron chi connectivity index (χ0n) is 16.2. The van der Waals surface area contributed by atoms with Crippen LogP contribution in [0.5, 0.6) is 0 Å². The van der Waals surface area contributed by atoms with Crippen molar-refractivity contribution in [3.63, 3.8) is 0 Å². The lowest BCUT2D eigenvalue weighted by atomic mass is 10.2. The summed E-state index contributed by atoms with van der Waals surface area (Å²) in [5.74, 6) is 0. The summed E-state index contributed by atoms with van der Waals surface area (Å²) in [5.41, 5.74) is 7.94. The summed E-state index contributed by atoms with van der Waals surface area (Å²) in [4.78, 5) is 2.50. The van der Waals surface area contributed by atoms with Crippen LogP contribution in [0.25, 0.3) is 0 Å². The highest BCUT2D eigenvalue weighted by molar-refractivity contribution is 5.53. The van der Waals surface area contributed by atoms with Crippen molar-refractivity contribution in [3.05, 3.63) is 24.3 Å². The molecule has 0 saturated carbocycles. The lowest BCUT2D eigenvalue weighted by Gasteiger charge is -2.30. The summed E-state index contributed by atoms with van der Waals surface area (Å²) in [6, 6.07) is 8.30. The van der Waals surface area contributed by atoms with E-state index in [1.807, 2.05) is 12.1 Å². The highest BCUT2D eigenvalue weighted by atomic mass is 35.5. The van der Waals surface area contributed by atoms with Crippen LogP contribution in [0.2, 0.25) is 0 Å². The lowest BCUT2D eigenvalue weighted by molar-refractivity contribution is -0.870. The van der Waals surface area contributed by atoms with E-state index in [0.717, 1.165) is 27.7 Å². The predicted molar refractivity (Wildman–Crippen MR) is 98.1 cm³/mol. The molecule has 0 aliphatic rings. The van der Waals surface area contributed by atoms with Gasteiger partial charge in [0.15, 0.2) is 0 Å². The fourth-order valence-electron chi connectivity index (χ4n) is 2.53. The van der Waals surface area contributed by atoms with Crippen molar-refractivity contribution in [1.82, 2.24) is 0 Å². The van der Waals surface area contributed by atoms with Gasteiger partial charge in [0, 0.05) is 37.3 Å². The second-order valence-electron chi connectivity index (χ2n) is 8.31. The Kier molecular flexibility index (Phi) is 11.8. The predicted octanol–water partition coefficient (Wildman–Crippen LogP) is -3.72. The average molecular weight is 379 g/mol. The Hall–Kier alpha value is -0.680. The normalized spacial score (nSPS) is 11.4. The molecule has 1 aromatic carbocycles. The first-order chi connectivity index (χ1) is 10.1. The monoisotopic (exact) mass is 378 g/mol. The third-order valence-electron chi connectivity index (χ3n) is 3.77. The van der Waals surface area contributed by atoms with Gasteiger partial charge >= 0.3 is 0 Å². The molecule has 1 rings (SSSR count). The molecule has 0 atom stereocenters. The molecule has 6 heteroatoms. The Morgan fingerprint density at radius 3 is 1.46 bits per heavy atom. The fraction of sp³-hybridized carbons (Fsp3) is 0.667. The zero-order chi connectivity index (χ0) is 16.8. The maximum atomic E-state index is 5.82. The van der Waals surface area contributed by atoms with Gasteiger partial charge in [0.25, 0.3) is 0 Å². The fourth-order valence-corrected chi connectivity index (χ4v) is 2.53. The van der Waals surface area contributed by atoms with Crippen molar-refractivity contribution < 1.29 is 33.8 Å². The summed E-state index contributed by atoms with van der Waals surface area (Å²) in [7, 11) is 13.5. The molecule has 0 aromatic heterocycles. The van der Waals surface area contributed by atoms with Crippen molar-refractivity contribution >= 4 is 11.4 Å². The maximum absolute atomic E-state index is 5.82. The van der Waals surface area contributed by atoms with Gasteiger partial charge in [-0.25, -0.2) is 0 Å². The van der Waals surface area contributed by atoms with E-state index in [1.54, 1.807) is 0 Å². The Bertz CT molecular complexity index is 416. The van der Waals surface area contributed by atoms with Crippen molar-refractivity contribution in [1.29, 1.82) is 0 Å². The van der Waals surface area contributed by atoms with Gasteiger partial charge in [-0.2, -0.15) is 0 Å². The number of hydrogen-bond donors (Lipinski definition) is 1. The van der Waals surface area contributed by atoms with Crippen LogP contribution >= 0.6 is 0 Å². The standard InChI is InChI=1S/C18H36N4.2ClH/c1-21(2,3)15-7-13-20(14-8-16-22(4,5)6)18-11-9-17(19)10-12-18;;/h9-12H,7-8,13-16,19H2,1-6H3;2*1H/q+2;;/p-2. The summed E-state index contributed by atoms with van der Waals surface area (Å²) in [6.45, 7) is 4.61. The topological polar surface area (TPSA) is 29.3 Å². The summed E-state index contributed by atoms with van der Waals surface area (Å²) in [6.07, 6.45) is 2.41. The van der Waals surface area contributed by atoms with Crippen molar-refractivity contribution in [2.75, 3.05) is 79.1 Å². The molecule has 0 radical (unpaired) electrons. The minimum Gasteiger partial charge on any atom is -1.00 e. The number of hydrogen-bond acceptors (Lipinski definition) is 2. The molecule has 24 heavy (non-hydrogen) atoms. The first kappa shape index (κ1) is 25.6. The first-order valence-electron chi connectivity index (χ1n) is 8.28. The smallest absolute Gasteiger partial charge is 0.0797 e. The first-order valence-corrected chi connectivity index (χ1v) is 8.28. The second kappa shape index (κ2) is 11.0. The molecule has 0 aliphatic carbocycles. The number of quaternary nitrogens is 2. The number of benzene rings is 1. The van der Waals surface area contributed by atoms with E-state index in [0.29, 0.717) is 0 Å². The van der Waals surface area contributed by atoms with Gasteiger partial charge in [0.1, 0.15) is 0 Å². The van der Waals surface area contributed by atoms with Gasteiger partial charge in [-0.05, 0) is 24.3 Å². The number of rotatable bonds is 9. The summed E-state index contributed by atoms with van der Waals surface area (Å²) in [5, 5.41) is 0. The van der Waals surface area contributed by atoms with E-state index in [4.69, 9.17) is 5.73 Å². The molecule has 0 amide bonds. The molecule has 0 aliphatic heterocycles. The number of anilines is 2. The molecule has 142 valence electrons. The van der Waals surface area contributed by atoms with E-state index in [9.17, 15) is 0 Å². The molecule has 0 bridgehead atoms. The highest BCUT2D eigenvalue weighted by Gasteiger charge is 2.13. The number of nitrogen functional groups attached to an aromatic ring is 1. The van der Waals surface area contributed by atoms with Gasteiger partial charge < -0.3 is 44.4 Å². The number of nitrogens with zero attached hydrogens (tertiary/aromatic N) is 3. The summed E-state index contributed by atoms with van der Waals surface area (Å²) >= 11 is 0. The van der Waals surface area contributed by atoms with E-state index in [2.05, 4.69) is 59.3 Å². The molecular weight excluding hydrogens is 343 g/mol. The molecule has 0 saturated heterocycles. The Morgan fingerprint density at radius 1 is 0.750 bits per heavy atom. The van der Waals surface area contributed by atoms with Gasteiger partial charge in [-0.3, -0.25) is 0 Å². The SMILES string of the molecule is C[N+](C)(C)CCCN(CCC[N+](C)(C)C)c1ccc(N)cc1.[Cl-].[Cl-]. The highest BCUT2D eigenvalue weighted by Crippen LogP contribution is 2.17. The van der Waals surface area contributed by atoms with Crippen molar-refractivity contribution in [2.45, 2.75) is 12.8 Å². The second-order valence-corrected chi connectivity index (χ2v) is 8.31. The molecule has 4 nitrogen and oxygen atoms in total. The van der Waals surface area contributed by atoms with Crippen LogP contribution in [0.1, 0.15) is 12.8 Å². The number of nitrogens with two attached hydrogens (primary N) is 1. The molecule has 2 N–H and O–H groups in total. The van der Waals surface area contributed by atoms with E-state index in [1.165, 1.54) is 31.6 Å². The van der Waals surface area contributed by atoms with Crippen LogP contribution < -0.4 is 35.4 Å². The Labute approximate surface area is 161 Å². The van der Waals surface area contributed by atoms with Crippen LogP contribution in [-0.2, 0) is 0 Å². The molecule has 1 aromatic rings. The molecule has 0 unspecified atom stereocenters. The largest absolute Gasteiger partial charge is 1.00 e. The minimum atomic E-state index is 0. The van der Waals surface area contributed by atoms with Gasteiger partial charge in [-0.15, -0.1) is 0 Å². The molecule has 0 heterocycles. The van der Waals surface area contributed by atoms with Crippen LogP contribution in [0.3, 0.4) is 0 Å². The molecular formula is C18H36Cl2N4. The Balaban J connectivity index is 0.